The summed E-state index contributed by atoms with van der Waals surface area (Å²) >= 11 is 1.55. The van der Waals surface area contributed by atoms with E-state index in [0.29, 0.717) is 6.42 Å². The zero-order valence-electron chi connectivity index (χ0n) is 11.9. The molecule has 0 fully saturated rings. The molecule has 0 N–H and O–H groups in total. The lowest BCUT2D eigenvalue weighted by atomic mass is 10.1. The number of hydrogen-bond donors (Lipinski definition) is 0. The second-order valence-electron chi connectivity index (χ2n) is 4.65. The number of allylic oxidation sites excluding steroid dienone is 2. The molecule has 0 unspecified atom stereocenters. The third-order valence-corrected chi connectivity index (χ3v) is 4.07. The van der Waals surface area contributed by atoms with E-state index in [1.807, 2.05) is 35.7 Å². The first-order valence-corrected chi connectivity index (χ1v) is 7.83. The summed E-state index contributed by atoms with van der Waals surface area (Å²) in [7, 11) is 0. The van der Waals surface area contributed by atoms with Crippen LogP contribution < -0.4 is 0 Å². The van der Waals surface area contributed by atoms with E-state index in [1.165, 1.54) is 5.57 Å². The molecule has 1 aromatic heterocycles. The zero-order valence-corrected chi connectivity index (χ0v) is 12.7. The topological polar surface area (TPSA) is 30.0 Å². The van der Waals surface area contributed by atoms with Gasteiger partial charge in [0.15, 0.2) is 5.78 Å². The number of ketones is 1. The number of benzene rings is 1. The van der Waals surface area contributed by atoms with E-state index in [2.05, 4.69) is 18.8 Å². The van der Waals surface area contributed by atoms with Gasteiger partial charge in [0, 0.05) is 10.9 Å². The van der Waals surface area contributed by atoms with Crippen LogP contribution in [0.2, 0.25) is 0 Å². The van der Waals surface area contributed by atoms with Gasteiger partial charge in [-0.1, -0.05) is 49.8 Å². The molecule has 0 atom stereocenters. The fourth-order valence-corrected chi connectivity index (χ4v) is 2.83. The molecule has 1 aromatic carbocycles. The van der Waals surface area contributed by atoms with Crippen molar-refractivity contribution in [2.24, 2.45) is 0 Å². The average Bonchev–Trinajstić information content (AvgIpc) is 2.94. The van der Waals surface area contributed by atoms with Crippen molar-refractivity contribution in [1.82, 2.24) is 4.98 Å². The van der Waals surface area contributed by atoms with Gasteiger partial charge in [0.05, 0.1) is 12.1 Å². The standard InChI is InChI=1S/C17H19NOS/c1-3-13(4-2)10-15(19)11-17-18-16(12-20-17)14-8-6-5-7-9-14/h5-10,12H,3-4,11H2,1-2H3. The molecule has 0 aliphatic carbocycles. The van der Waals surface area contributed by atoms with Crippen LogP contribution in [0.1, 0.15) is 31.7 Å². The molecular formula is C17H19NOS. The fourth-order valence-electron chi connectivity index (χ4n) is 2.02. The normalized spacial score (nSPS) is 10.3. The predicted octanol–water partition coefficient (Wildman–Crippen LogP) is 4.67. The first kappa shape index (κ1) is 14.7. The van der Waals surface area contributed by atoms with Gasteiger partial charge < -0.3 is 0 Å². The maximum atomic E-state index is 12.0. The lowest BCUT2D eigenvalue weighted by molar-refractivity contribution is -0.114. The van der Waals surface area contributed by atoms with Gasteiger partial charge in [0.25, 0.3) is 0 Å². The Hall–Kier alpha value is -1.74. The van der Waals surface area contributed by atoms with Crippen molar-refractivity contribution < 1.29 is 4.79 Å². The van der Waals surface area contributed by atoms with Crippen molar-refractivity contribution in [3.05, 3.63) is 52.4 Å². The second kappa shape index (κ2) is 7.15. The van der Waals surface area contributed by atoms with Crippen molar-refractivity contribution in [2.75, 3.05) is 0 Å². The molecule has 0 saturated heterocycles. The molecule has 0 amide bonds. The Balaban J connectivity index is 2.07. The fraction of sp³-hybridized carbons (Fsp3) is 0.294. The van der Waals surface area contributed by atoms with Crippen molar-refractivity contribution in [3.63, 3.8) is 0 Å². The number of carbonyl (C=O) groups excluding carboxylic acids is 1. The van der Waals surface area contributed by atoms with E-state index in [1.54, 1.807) is 17.4 Å². The molecule has 0 bridgehead atoms. The first-order valence-electron chi connectivity index (χ1n) is 6.95. The minimum Gasteiger partial charge on any atom is -0.294 e. The molecule has 20 heavy (non-hydrogen) atoms. The Bertz CT molecular complexity index is 592. The quantitative estimate of drug-likeness (QED) is 0.722. The van der Waals surface area contributed by atoms with E-state index in [0.717, 1.165) is 29.1 Å². The van der Waals surface area contributed by atoms with Crippen LogP contribution in [0, 0.1) is 0 Å². The molecule has 0 aliphatic heterocycles. The van der Waals surface area contributed by atoms with Gasteiger partial charge in [-0.2, -0.15) is 0 Å². The smallest absolute Gasteiger partial charge is 0.162 e. The van der Waals surface area contributed by atoms with Crippen molar-refractivity contribution in [2.45, 2.75) is 33.1 Å². The number of thiazole rings is 1. The van der Waals surface area contributed by atoms with Crippen LogP contribution in [0.4, 0.5) is 0 Å². The van der Waals surface area contributed by atoms with Gasteiger partial charge >= 0.3 is 0 Å². The lowest BCUT2D eigenvalue weighted by Gasteiger charge is -1.98. The monoisotopic (exact) mass is 285 g/mol. The van der Waals surface area contributed by atoms with Gasteiger partial charge in [-0.05, 0) is 18.9 Å². The Morgan fingerprint density at radius 1 is 1.20 bits per heavy atom. The molecule has 2 nitrogen and oxygen atoms in total. The zero-order chi connectivity index (χ0) is 14.4. The summed E-state index contributed by atoms with van der Waals surface area (Å²) in [5.74, 6) is 0.151. The second-order valence-corrected chi connectivity index (χ2v) is 5.59. The number of aromatic nitrogens is 1. The molecule has 0 spiro atoms. The summed E-state index contributed by atoms with van der Waals surface area (Å²) in [6.45, 7) is 4.17. The molecule has 0 saturated carbocycles. The van der Waals surface area contributed by atoms with E-state index < -0.39 is 0 Å². The van der Waals surface area contributed by atoms with Crippen molar-refractivity contribution in [1.29, 1.82) is 0 Å². The largest absolute Gasteiger partial charge is 0.294 e. The van der Waals surface area contributed by atoms with Gasteiger partial charge in [-0.15, -0.1) is 11.3 Å². The highest BCUT2D eigenvalue weighted by Crippen LogP contribution is 2.22. The number of nitrogens with zero attached hydrogens (tertiary/aromatic N) is 1. The Kier molecular flexibility index (Phi) is 5.24. The van der Waals surface area contributed by atoms with Gasteiger partial charge in [0.2, 0.25) is 0 Å². The molecule has 2 aromatic rings. The van der Waals surface area contributed by atoms with E-state index >= 15 is 0 Å². The van der Waals surface area contributed by atoms with E-state index in [-0.39, 0.29) is 5.78 Å². The predicted molar refractivity (Wildman–Crippen MR) is 84.9 cm³/mol. The highest BCUT2D eigenvalue weighted by atomic mass is 32.1. The minimum absolute atomic E-state index is 0.151. The number of hydrogen-bond acceptors (Lipinski definition) is 3. The minimum atomic E-state index is 0.151. The number of carbonyl (C=O) groups is 1. The van der Waals surface area contributed by atoms with Crippen LogP contribution in [0.25, 0.3) is 11.3 Å². The van der Waals surface area contributed by atoms with Crippen LogP contribution in [0.15, 0.2) is 47.4 Å². The molecule has 1 heterocycles. The van der Waals surface area contributed by atoms with Gasteiger partial charge in [0.1, 0.15) is 5.01 Å². The molecule has 2 rings (SSSR count). The highest BCUT2D eigenvalue weighted by molar-refractivity contribution is 7.10. The molecule has 104 valence electrons. The molecule has 0 radical (unpaired) electrons. The average molecular weight is 285 g/mol. The summed E-state index contributed by atoms with van der Waals surface area (Å²) in [4.78, 5) is 16.5. The highest BCUT2D eigenvalue weighted by Gasteiger charge is 2.08. The molecule has 3 heteroatoms. The van der Waals surface area contributed by atoms with Crippen LogP contribution >= 0.6 is 11.3 Å². The van der Waals surface area contributed by atoms with Gasteiger partial charge in [-0.25, -0.2) is 4.98 Å². The summed E-state index contributed by atoms with van der Waals surface area (Å²) in [5.41, 5.74) is 3.25. The van der Waals surface area contributed by atoms with Gasteiger partial charge in [-0.3, -0.25) is 4.79 Å². The third kappa shape index (κ3) is 3.87. The van der Waals surface area contributed by atoms with Crippen LogP contribution in [0.3, 0.4) is 0 Å². The summed E-state index contributed by atoms with van der Waals surface area (Å²) in [6, 6.07) is 10.1. The molecular weight excluding hydrogens is 266 g/mol. The lowest BCUT2D eigenvalue weighted by Crippen LogP contribution is -1.99. The van der Waals surface area contributed by atoms with Crippen LogP contribution in [-0.2, 0) is 11.2 Å². The van der Waals surface area contributed by atoms with Crippen LogP contribution in [-0.4, -0.2) is 10.8 Å². The van der Waals surface area contributed by atoms with E-state index in [9.17, 15) is 4.79 Å². The Morgan fingerprint density at radius 2 is 1.90 bits per heavy atom. The van der Waals surface area contributed by atoms with E-state index in [4.69, 9.17) is 0 Å². The Morgan fingerprint density at radius 3 is 2.55 bits per heavy atom. The summed E-state index contributed by atoms with van der Waals surface area (Å²) in [6.07, 6.45) is 4.06. The summed E-state index contributed by atoms with van der Waals surface area (Å²) in [5, 5.41) is 2.90. The Labute approximate surface area is 124 Å². The maximum Gasteiger partial charge on any atom is 0.162 e. The third-order valence-electron chi connectivity index (χ3n) is 3.22. The number of rotatable bonds is 6. The summed E-state index contributed by atoms with van der Waals surface area (Å²) < 4.78 is 0. The van der Waals surface area contributed by atoms with Crippen LogP contribution in [0.5, 0.6) is 0 Å². The van der Waals surface area contributed by atoms with Crippen molar-refractivity contribution in [3.8, 4) is 11.3 Å². The SMILES string of the molecule is CCC(=CC(=O)Cc1nc(-c2ccccc2)cs1)CC. The molecule has 0 aliphatic rings. The first-order chi connectivity index (χ1) is 9.72. The van der Waals surface area contributed by atoms with Crippen molar-refractivity contribution >= 4 is 17.1 Å². The maximum absolute atomic E-state index is 12.0.